The summed E-state index contributed by atoms with van der Waals surface area (Å²) < 4.78 is 27.2. The van der Waals surface area contributed by atoms with Crippen LogP contribution in [0.4, 0.5) is 5.69 Å². The van der Waals surface area contributed by atoms with Crippen LogP contribution < -0.4 is 4.31 Å². The van der Waals surface area contributed by atoms with Crippen molar-refractivity contribution in [3.8, 4) is 12.8 Å². The Morgan fingerprint density at radius 2 is 1.61 bits per heavy atom. The molecule has 8 heteroatoms. The molecule has 0 saturated heterocycles. The van der Waals surface area contributed by atoms with Crippen molar-refractivity contribution in [2.75, 3.05) is 28.1 Å². The van der Waals surface area contributed by atoms with E-state index in [9.17, 15) is 13.5 Å². The van der Waals surface area contributed by atoms with Crippen LogP contribution in [0, 0.1) is 12.8 Å². The molecule has 0 aliphatic heterocycles. The standard InChI is InChI=1S/C21H28ClNO3S3.C2H6.C2H2/c1-3-27-14-6-5-13-23(21-15-18(22)8-7-17(21)16-24)29(26)20-11-9-19(10-12-20)28(25)4-2;2*1-2/h7-12,15,24H,3-6,13-14,16H2,1-2H3;1-2H3;1-2H. The third-order valence-electron chi connectivity index (χ3n) is 4.34. The highest BCUT2D eigenvalue weighted by molar-refractivity contribution is 7.99. The van der Waals surface area contributed by atoms with E-state index in [0.29, 0.717) is 33.5 Å². The summed E-state index contributed by atoms with van der Waals surface area (Å²) in [7, 11) is -2.51. The molecule has 184 valence electrons. The molecule has 0 radical (unpaired) electrons. The molecule has 4 nitrogen and oxygen atoms in total. The molecule has 0 aromatic heterocycles. The van der Waals surface area contributed by atoms with Gasteiger partial charge in [-0.3, -0.25) is 8.51 Å². The van der Waals surface area contributed by atoms with Gasteiger partial charge in [0.1, 0.15) is 0 Å². The summed E-state index contributed by atoms with van der Waals surface area (Å²) in [6.45, 7) is 8.45. The minimum atomic E-state index is -1.47. The lowest BCUT2D eigenvalue weighted by atomic mass is 10.2. The summed E-state index contributed by atoms with van der Waals surface area (Å²) in [5.41, 5.74) is 1.37. The Balaban J connectivity index is 0.00000242. The molecule has 2 aromatic rings. The lowest BCUT2D eigenvalue weighted by Crippen LogP contribution is -2.28. The van der Waals surface area contributed by atoms with E-state index >= 15 is 0 Å². The van der Waals surface area contributed by atoms with Gasteiger partial charge in [0.15, 0.2) is 11.0 Å². The summed E-state index contributed by atoms with van der Waals surface area (Å²) in [6.07, 6.45) is 9.91. The van der Waals surface area contributed by atoms with E-state index in [0.717, 1.165) is 29.2 Å². The van der Waals surface area contributed by atoms with Gasteiger partial charge in [-0.15, -0.1) is 12.8 Å². The van der Waals surface area contributed by atoms with Gasteiger partial charge in [0, 0.05) is 27.8 Å². The van der Waals surface area contributed by atoms with Crippen molar-refractivity contribution in [1.82, 2.24) is 0 Å². The maximum atomic E-state index is 13.4. The van der Waals surface area contributed by atoms with Gasteiger partial charge in [-0.05, 0) is 60.7 Å². The van der Waals surface area contributed by atoms with Crippen molar-refractivity contribution in [2.45, 2.75) is 56.9 Å². The number of terminal acetylenes is 1. The summed E-state index contributed by atoms with van der Waals surface area (Å²) in [4.78, 5) is 1.36. The van der Waals surface area contributed by atoms with Crippen LogP contribution in [0.15, 0.2) is 52.3 Å². The topological polar surface area (TPSA) is 57.6 Å². The quantitative estimate of drug-likeness (QED) is 0.259. The van der Waals surface area contributed by atoms with E-state index in [1.807, 2.05) is 32.5 Å². The molecular weight excluding hydrogens is 494 g/mol. The largest absolute Gasteiger partial charge is 0.392 e. The van der Waals surface area contributed by atoms with E-state index in [2.05, 4.69) is 19.8 Å². The lowest BCUT2D eigenvalue weighted by molar-refractivity contribution is 0.282. The van der Waals surface area contributed by atoms with E-state index in [1.165, 1.54) is 0 Å². The molecule has 0 amide bonds. The van der Waals surface area contributed by atoms with Crippen molar-refractivity contribution in [3.05, 3.63) is 53.1 Å². The van der Waals surface area contributed by atoms with Gasteiger partial charge in [-0.2, -0.15) is 11.8 Å². The minimum absolute atomic E-state index is 0.152. The first-order valence-corrected chi connectivity index (χ1v) is 15.0. The van der Waals surface area contributed by atoms with Crippen LogP contribution in [0.5, 0.6) is 0 Å². The molecule has 0 saturated carbocycles. The molecule has 0 heterocycles. The summed E-state index contributed by atoms with van der Waals surface area (Å²) in [6, 6.07) is 12.3. The number of hydrogen-bond donors (Lipinski definition) is 1. The molecule has 0 spiro atoms. The first kappa shape index (κ1) is 31.7. The Morgan fingerprint density at radius 1 is 1.00 bits per heavy atom. The fraction of sp³-hybridized carbons (Fsp3) is 0.440. The van der Waals surface area contributed by atoms with Gasteiger partial charge in [0.2, 0.25) is 0 Å². The first-order chi connectivity index (χ1) is 16.0. The monoisotopic (exact) mass is 529 g/mol. The Kier molecular flexibility index (Phi) is 18.3. The zero-order valence-corrected chi connectivity index (χ0v) is 23.2. The maximum absolute atomic E-state index is 13.4. The second kappa shape index (κ2) is 19.1. The third kappa shape index (κ3) is 10.7. The molecule has 2 aromatic carbocycles. The number of anilines is 1. The van der Waals surface area contributed by atoms with Gasteiger partial charge in [-0.1, -0.05) is 45.4 Å². The van der Waals surface area contributed by atoms with Crippen LogP contribution in [0.1, 0.15) is 46.1 Å². The zero-order chi connectivity index (χ0) is 25.2. The van der Waals surface area contributed by atoms with E-state index < -0.39 is 21.8 Å². The molecule has 2 atom stereocenters. The van der Waals surface area contributed by atoms with Gasteiger partial charge < -0.3 is 5.11 Å². The molecule has 0 bridgehead atoms. The first-order valence-electron chi connectivity index (χ1n) is 11.0. The van der Waals surface area contributed by atoms with Gasteiger partial charge in [0.05, 0.1) is 28.0 Å². The van der Waals surface area contributed by atoms with Crippen molar-refractivity contribution in [3.63, 3.8) is 0 Å². The van der Waals surface area contributed by atoms with Crippen LogP contribution in [-0.2, 0) is 28.4 Å². The van der Waals surface area contributed by atoms with Gasteiger partial charge in [-0.25, -0.2) is 4.21 Å². The Hall–Kier alpha value is -1.30. The van der Waals surface area contributed by atoms with Crippen molar-refractivity contribution in [1.29, 1.82) is 0 Å². The van der Waals surface area contributed by atoms with Crippen molar-refractivity contribution >= 4 is 50.8 Å². The predicted molar refractivity (Wildman–Crippen MR) is 148 cm³/mol. The third-order valence-corrected chi connectivity index (χ3v) is 8.34. The number of thioether (sulfide) groups is 1. The normalized spacial score (nSPS) is 11.9. The van der Waals surface area contributed by atoms with Crippen LogP contribution >= 0.6 is 23.4 Å². The molecule has 0 fully saturated rings. The van der Waals surface area contributed by atoms with E-state index in [1.54, 1.807) is 46.8 Å². The van der Waals surface area contributed by atoms with E-state index in [-0.39, 0.29) is 6.61 Å². The summed E-state index contributed by atoms with van der Waals surface area (Å²) in [5.74, 6) is 2.70. The highest BCUT2D eigenvalue weighted by Crippen LogP contribution is 2.29. The molecule has 2 rings (SSSR count). The van der Waals surface area contributed by atoms with Crippen LogP contribution in [-0.4, -0.2) is 37.3 Å². The predicted octanol–water partition coefficient (Wildman–Crippen LogP) is 6.30. The second-order valence-electron chi connectivity index (χ2n) is 6.29. The van der Waals surface area contributed by atoms with Crippen LogP contribution in [0.25, 0.3) is 0 Å². The lowest BCUT2D eigenvalue weighted by Gasteiger charge is -2.26. The fourth-order valence-electron chi connectivity index (χ4n) is 2.80. The molecule has 0 aliphatic rings. The Morgan fingerprint density at radius 3 is 2.15 bits per heavy atom. The smallest absolute Gasteiger partial charge is 0.152 e. The Bertz CT molecular complexity index is 873. The van der Waals surface area contributed by atoms with E-state index in [4.69, 9.17) is 11.6 Å². The number of halogens is 1. The fourth-order valence-corrected chi connectivity index (χ4v) is 5.70. The average molecular weight is 530 g/mol. The van der Waals surface area contributed by atoms with Gasteiger partial charge in [0.25, 0.3) is 0 Å². The molecule has 0 aliphatic carbocycles. The van der Waals surface area contributed by atoms with Crippen LogP contribution in [0.2, 0.25) is 5.02 Å². The minimum Gasteiger partial charge on any atom is -0.392 e. The van der Waals surface area contributed by atoms with Crippen LogP contribution in [0.3, 0.4) is 0 Å². The Labute approximate surface area is 214 Å². The number of unbranched alkanes of at least 4 members (excludes halogenated alkanes) is 1. The number of hydrogen-bond acceptors (Lipinski definition) is 4. The zero-order valence-electron chi connectivity index (χ0n) is 20.0. The van der Waals surface area contributed by atoms with Crippen molar-refractivity contribution < 1.29 is 13.5 Å². The summed E-state index contributed by atoms with van der Waals surface area (Å²) in [5, 5.41) is 10.3. The maximum Gasteiger partial charge on any atom is 0.152 e. The van der Waals surface area contributed by atoms with Crippen molar-refractivity contribution in [2.24, 2.45) is 0 Å². The number of aliphatic hydroxyl groups is 1. The average Bonchev–Trinajstić information content (AvgIpc) is 2.88. The second-order valence-corrected chi connectivity index (χ2v) is 11.3. The number of nitrogens with zero attached hydrogens (tertiary/aromatic N) is 1. The highest BCUT2D eigenvalue weighted by Gasteiger charge is 2.19. The van der Waals surface area contributed by atoms with Gasteiger partial charge >= 0.3 is 0 Å². The SMILES string of the molecule is C#C.CC.CCSCCCCN(c1cc(Cl)ccc1CO)S(=O)c1ccc(S(=O)CC)cc1. The molecule has 2 unspecified atom stereocenters. The molecular formula is C25H36ClNO3S3. The number of rotatable bonds is 12. The summed E-state index contributed by atoms with van der Waals surface area (Å²) >= 11 is 8.09. The molecule has 33 heavy (non-hydrogen) atoms. The number of benzene rings is 2. The molecule has 1 N–H and O–H groups in total. The highest BCUT2D eigenvalue weighted by atomic mass is 35.5. The number of aliphatic hydroxyl groups excluding tert-OH is 1.